The first-order chi connectivity index (χ1) is 14.0. The predicted molar refractivity (Wildman–Crippen MR) is 118 cm³/mol. The van der Waals surface area contributed by atoms with Crippen LogP contribution < -0.4 is 4.74 Å². The quantitative estimate of drug-likeness (QED) is 0.652. The Hall–Kier alpha value is -2.04. The van der Waals surface area contributed by atoms with Gasteiger partial charge in [-0.2, -0.15) is 0 Å². The van der Waals surface area contributed by atoms with E-state index in [4.69, 9.17) is 16.3 Å². The number of amides is 1. The summed E-state index contributed by atoms with van der Waals surface area (Å²) >= 11 is 6.04. The zero-order valence-electron chi connectivity index (χ0n) is 17.6. The third-order valence-corrected chi connectivity index (χ3v) is 6.02. The molecule has 1 aliphatic heterocycles. The first-order valence-electron chi connectivity index (χ1n) is 10.4. The van der Waals surface area contributed by atoms with Crippen molar-refractivity contribution in [3.05, 3.63) is 64.7 Å². The minimum absolute atomic E-state index is 0.174. The lowest BCUT2D eigenvalue weighted by Gasteiger charge is -2.40. The van der Waals surface area contributed by atoms with Crippen molar-refractivity contribution in [2.24, 2.45) is 0 Å². The molecule has 1 saturated heterocycles. The highest BCUT2D eigenvalue weighted by Crippen LogP contribution is 2.23. The van der Waals surface area contributed by atoms with Crippen molar-refractivity contribution in [3.8, 4) is 5.75 Å². The van der Waals surface area contributed by atoms with E-state index < -0.39 is 0 Å². The van der Waals surface area contributed by atoms with Gasteiger partial charge in [-0.05, 0) is 62.1 Å². The Morgan fingerprint density at radius 1 is 1.07 bits per heavy atom. The van der Waals surface area contributed by atoms with Gasteiger partial charge in [0.05, 0.1) is 13.5 Å². The molecule has 0 radical (unpaired) electrons. The molecule has 1 fully saturated rings. The molecule has 0 aromatic heterocycles. The highest BCUT2D eigenvalue weighted by Gasteiger charge is 2.28. The van der Waals surface area contributed by atoms with Gasteiger partial charge >= 0.3 is 0 Å². The molecule has 0 spiro atoms. The fraction of sp³-hybridized carbons (Fsp3) is 0.458. The molecule has 156 valence electrons. The van der Waals surface area contributed by atoms with Gasteiger partial charge in [-0.25, -0.2) is 0 Å². The molecule has 4 nitrogen and oxygen atoms in total. The first kappa shape index (κ1) is 21.7. The van der Waals surface area contributed by atoms with Crippen LogP contribution in [0.1, 0.15) is 37.8 Å². The van der Waals surface area contributed by atoms with E-state index in [9.17, 15) is 4.79 Å². The van der Waals surface area contributed by atoms with Crippen molar-refractivity contribution >= 4 is 17.5 Å². The molecule has 2 aromatic carbocycles. The molecule has 1 aliphatic rings. The molecular formula is C24H31ClN2O2. The third-order valence-electron chi connectivity index (χ3n) is 5.77. The lowest BCUT2D eigenvalue weighted by atomic mass is 9.99. The van der Waals surface area contributed by atoms with Gasteiger partial charge in [0.1, 0.15) is 5.75 Å². The number of nitrogens with zero attached hydrogens (tertiary/aromatic N) is 2. The zero-order chi connectivity index (χ0) is 20.8. The minimum Gasteiger partial charge on any atom is -0.497 e. The maximum Gasteiger partial charge on any atom is 0.227 e. The summed E-state index contributed by atoms with van der Waals surface area (Å²) in [5, 5.41) is 0.718. The lowest BCUT2D eigenvalue weighted by molar-refractivity contribution is -0.134. The van der Waals surface area contributed by atoms with Gasteiger partial charge in [0, 0.05) is 36.7 Å². The number of hydrogen-bond acceptors (Lipinski definition) is 3. The number of ether oxygens (including phenoxy) is 1. The number of benzene rings is 2. The Kier molecular flexibility index (Phi) is 7.57. The zero-order valence-corrected chi connectivity index (χ0v) is 18.4. The molecule has 0 bridgehead atoms. The van der Waals surface area contributed by atoms with E-state index in [1.54, 1.807) is 7.11 Å². The Bertz CT molecular complexity index is 782. The van der Waals surface area contributed by atoms with E-state index >= 15 is 0 Å². The van der Waals surface area contributed by atoms with Crippen LogP contribution in [0.3, 0.4) is 0 Å². The highest BCUT2D eigenvalue weighted by atomic mass is 35.5. The van der Waals surface area contributed by atoms with Crippen LogP contribution in [0.15, 0.2) is 48.5 Å². The van der Waals surface area contributed by atoms with Crippen LogP contribution >= 0.6 is 11.6 Å². The van der Waals surface area contributed by atoms with Crippen LogP contribution in [0.25, 0.3) is 0 Å². The van der Waals surface area contributed by atoms with Gasteiger partial charge in [-0.3, -0.25) is 4.79 Å². The van der Waals surface area contributed by atoms with Crippen LogP contribution in [0.4, 0.5) is 0 Å². The average Bonchev–Trinajstić information content (AvgIpc) is 2.74. The van der Waals surface area contributed by atoms with Gasteiger partial charge in [0.15, 0.2) is 0 Å². The van der Waals surface area contributed by atoms with E-state index in [0.29, 0.717) is 19.0 Å². The molecule has 29 heavy (non-hydrogen) atoms. The lowest BCUT2D eigenvalue weighted by Crippen LogP contribution is -2.49. The fourth-order valence-electron chi connectivity index (χ4n) is 3.94. The number of rotatable bonds is 7. The predicted octanol–water partition coefficient (Wildman–Crippen LogP) is 4.79. The van der Waals surface area contributed by atoms with Crippen molar-refractivity contribution in [3.63, 3.8) is 0 Å². The first-order valence-corrected chi connectivity index (χ1v) is 10.7. The SMILES string of the molecule is COc1ccc(CC(=O)N(Cc2ccc(Cl)cc2)C2CCN(C(C)C)CC2)cc1. The van der Waals surface area contributed by atoms with Gasteiger partial charge < -0.3 is 14.5 Å². The summed E-state index contributed by atoms with van der Waals surface area (Å²) in [5.41, 5.74) is 2.13. The summed E-state index contributed by atoms with van der Waals surface area (Å²) in [5.74, 6) is 0.980. The summed E-state index contributed by atoms with van der Waals surface area (Å²) in [7, 11) is 1.65. The number of methoxy groups -OCH3 is 1. The second-order valence-electron chi connectivity index (χ2n) is 8.03. The van der Waals surface area contributed by atoms with Crippen molar-refractivity contribution in [2.45, 2.75) is 51.7 Å². The maximum absolute atomic E-state index is 13.3. The molecule has 0 saturated carbocycles. The van der Waals surface area contributed by atoms with Gasteiger partial charge in [0.2, 0.25) is 5.91 Å². The topological polar surface area (TPSA) is 32.8 Å². The van der Waals surface area contributed by atoms with Crippen molar-refractivity contribution in [1.29, 1.82) is 0 Å². The number of piperidine rings is 1. The van der Waals surface area contributed by atoms with Crippen LogP contribution in [0.5, 0.6) is 5.75 Å². The number of halogens is 1. The van der Waals surface area contributed by atoms with E-state index in [0.717, 1.165) is 47.8 Å². The average molecular weight is 415 g/mol. The Morgan fingerprint density at radius 2 is 1.66 bits per heavy atom. The third kappa shape index (κ3) is 5.97. The number of hydrogen-bond donors (Lipinski definition) is 0. The Balaban J connectivity index is 1.73. The van der Waals surface area contributed by atoms with Crippen LogP contribution in [-0.2, 0) is 17.8 Å². The van der Waals surface area contributed by atoms with E-state index in [1.807, 2.05) is 48.5 Å². The van der Waals surface area contributed by atoms with Crippen molar-refractivity contribution < 1.29 is 9.53 Å². The molecule has 5 heteroatoms. The highest BCUT2D eigenvalue weighted by molar-refractivity contribution is 6.30. The molecule has 0 unspecified atom stereocenters. The standard InChI is InChI=1S/C24H31ClN2O2/c1-18(2)26-14-12-22(13-15-26)27(17-20-4-8-21(25)9-5-20)24(28)16-19-6-10-23(29-3)11-7-19/h4-11,18,22H,12-17H2,1-3H3. The summed E-state index contributed by atoms with van der Waals surface area (Å²) in [6, 6.07) is 16.4. The van der Waals surface area contributed by atoms with Gasteiger partial charge in [0.25, 0.3) is 0 Å². The van der Waals surface area contributed by atoms with Gasteiger partial charge in [-0.1, -0.05) is 35.9 Å². The second-order valence-corrected chi connectivity index (χ2v) is 8.47. The van der Waals surface area contributed by atoms with E-state index in [1.165, 1.54) is 0 Å². The molecule has 3 rings (SSSR count). The molecule has 0 N–H and O–H groups in total. The maximum atomic E-state index is 13.3. The van der Waals surface area contributed by atoms with Crippen LogP contribution in [0, 0.1) is 0 Å². The number of likely N-dealkylation sites (tertiary alicyclic amines) is 1. The summed E-state index contributed by atoms with van der Waals surface area (Å²) in [4.78, 5) is 17.9. The smallest absolute Gasteiger partial charge is 0.227 e. The Morgan fingerprint density at radius 3 is 2.21 bits per heavy atom. The molecule has 1 amide bonds. The summed E-state index contributed by atoms with van der Waals surface area (Å²) in [6.07, 6.45) is 2.43. The van der Waals surface area contributed by atoms with E-state index in [2.05, 4.69) is 23.6 Å². The summed E-state index contributed by atoms with van der Waals surface area (Å²) < 4.78 is 5.22. The molecule has 2 aromatic rings. The molecular weight excluding hydrogens is 384 g/mol. The largest absolute Gasteiger partial charge is 0.497 e. The van der Waals surface area contributed by atoms with Crippen molar-refractivity contribution in [2.75, 3.05) is 20.2 Å². The van der Waals surface area contributed by atoms with Crippen LogP contribution in [-0.4, -0.2) is 48.0 Å². The molecule has 1 heterocycles. The fourth-order valence-corrected chi connectivity index (χ4v) is 4.07. The minimum atomic E-state index is 0.174. The normalized spacial score (nSPS) is 15.5. The van der Waals surface area contributed by atoms with Crippen LogP contribution in [0.2, 0.25) is 5.02 Å². The van der Waals surface area contributed by atoms with E-state index in [-0.39, 0.29) is 11.9 Å². The number of carbonyl (C=O) groups is 1. The van der Waals surface area contributed by atoms with Gasteiger partial charge in [-0.15, -0.1) is 0 Å². The van der Waals surface area contributed by atoms with Crippen molar-refractivity contribution in [1.82, 2.24) is 9.80 Å². The summed E-state index contributed by atoms with van der Waals surface area (Å²) in [6.45, 7) is 7.17. The molecule has 0 atom stereocenters. The monoisotopic (exact) mass is 414 g/mol. The number of carbonyl (C=O) groups excluding carboxylic acids is 1. The molecule has 0 aliphatic carbocycles. The Labute approximate surface area is 179 Å². The second kappa shape index (κ2) is 10.1.